The highest BCUT2D eigenvalue weighted by Gasteiger charge is 2.35. The molecule has 0 bridgehead atoms. The van der Waals surface area contributed by atoms with E-state index < -0.39 is 9.84 Å². The quantitative estimate of drug-likeness (QED) is 0.903. The molecule has 0 aliphatic carbocycles. The van der Waals surface area contributed by atoms with E-state index in [9.17, 15) is 8.42 Å². The molecule has 1 aromatic rings. The summed E-state index contributed by atoms with van der Waals surface area (Å²) in [6.07, 6.45) is 3.32. The topological polar surface area (TPSA) is 59.1 Å². The van der Waals surface area contributed by atoms with Crippen molar-refractivity contribution in [2.24, 2.45) is 0 Å². The van der Waals surface area contributed by atoms with Crippen molar-refractivity contribution in [1.29, 1.82) is 0 Å². The second-order valence-electron chi connectivity index (χ2n) is 5.13. The van der Waals surface area contributed by atoms with Gasteiger partial charge in [-0.3, -0.25) is 0 Å². The van der Waals surface area contributed by atoms with Gasteiger partial charge < -0.3 is 5.32 Å². The Hall–Kier alpha value is -0.460. The Balaban J connectivity index is 2.14. The van der Waals surface area contributed by atoms with Crippen molar-refractivity contribution in [3.63, 3.8) is 0 Å². The van der Waals surface area contributed by atoms with Crippen molar-refractivity contribution in [1.82, 2.24) is 10.3 Å². The van der Waals surface area contributed by atoms with Gasteiger partial charge >= 0.3 is 0 Å². The molecule has 19 heavy (non-hydrogen) atoms. The van der Waals surface area contributed by atoms with E-state index in [0.717, 1.165) is 36.5 Å². The van der Waals surface area contributed by atoms with Crippen LogP contribution in [0.5, 0.6) is 0 Å². The van der Waals surface area contributed by atoms with Crippen molar-refractivity contribution in [3.8, 4) is 0 Å². The van der Waals surface area contributed by atoms with E-state index in [-0.39, 0.29) is 11.3 Å². The molecule has 2 atom stereocenters. The maximum Gasteiger partial charge on any atom is 0.154 e. The molecule has 0 amide bonds. The standard InChI is InChI=1S/C13H22N2O2S2/c1-3-14-12(8-11-9-18-10(2)15-11)13-6-4-5-7-19(13,16)17/h9,12-14H,3-8H2,1-2H3. The van der Waals surface area contributed by atoms with Crippen LogP contribution in [0.1, 0.15) is 36.9 Å². The number of aryl methyl sites for hydroxylation is 1. The number of hydrogen-bond acceptors (Lipinski definition) is 5. The SMILES string of the molecule is CCNC(Cc1csc(C)n1)C1CCCCS1(=O)=O. The van der Waals surface area contributed by atoms with Gasteiger partial charge in [-0.25, -0.2) is 13.4 Å². The van der Waals surface area contributed by atoms with E-state index in [0.29, 0.717) is 12.2 Å². The first-order chi connectivity index (χ1) is 9.03. The Kier molecular flexibility index (Phi) is 4.97. The summed E-state index contributed by atoms with van der Waals surface area (Å²) in [6.45, 7) is 4.79. The lowest BCUT2D eigenvalue weighted by molar-refractivity contribution is 0.439. The average molecular weight is 302 g/mol. The summed E-state index contributed by atoms with van der Waals surface area (Å²) in [5.41, 5.74) is 1.01. The predicted molar refractivity (Wildman–Crippen MR) is 79.4 cm³/mol. The molecule has 2 unspecified atom stereocenters. The molecule has 0 spiro atoms. The molecular formula is C13H22N2O2S2. The van der Waals surface area contributed by atoms with Crippen LogP contribution in [0.15, 0.2) is 5.38 Å². The lowest BCUT2D eigenvalue weighted by Crippen LogP contribution is -2.47. The zero-order chi connectivity index (χ0) is 13.9. The molecule has 1 saturated heterocycles. The van der Waals surface area contributed by atoms with Gasteiger partial charge in [0.05, 0.1) is 21.7 Å². The summed E-state index contributed by atoms with van der Waals surface area (Å²) in [4.78, 5) is 4.46. The number of nitrogens with zero attached hydrogens (tertiary/aromatic N) is 1. The first kappa shape index (κ1) is 14.9. The number of rotatable bonds is 5. The molecule has 1 aromatic heterocycles. The highest BCUT2D eigenvalue weighted by molar-refractivity contribution is 7.92. The zero-order valence-electron chi connectivity index (χ0n) is 11.6. The van der Waals surface area contributed by atoms with Gasteiger partial charge in [0.25, 0.3) is 0 Å². The molecule has 1 aliphatic heterocycles. The highest BCUT2D eigenvalue weighted by Crippen LogP contribution is 2.24. The van der Waals surface area contributed by atoms with Crippen molar-refractivity contribution in [3.05, 3.63) is 16.1 Å². The van der Waals surface area contributed by atoms with Gasteiger partial charge in [-0.15, -0.1) is 11.3 Å². The number of thiazole rings is 1. The number of nitrogens with one attached hydrogen (secondary N) is 1. The van der Waals surface area contributed by atoms with Crippen LogP contribution in [0.2, 0.25) is 0 Å². The van der Waals surface area contributed by atoms with Gasteiger partial charge in [-0.1, -0.05) is 13.3 Å². The minimum Gasteiger partial charge on any atom is -0.313 e. The molecule has 1 N–H and O–H groups in total. The summed E-state index contributed by atoms with van der Waals surface area (Å²) >= 11 is 1.62. The first-order valence-corrected chi connectivity index (χ1v) is 9.48. The van der Waals surface area contributed by atoms with Gasteiger partial charge in [-0.2, -0.15) is 0 Å². The fraction of sp³-hybridized carbons (Fsp3) is 0.769. The molecule has 1 fully saturated rings. The van der Waals surface area contributed by atoms with Gasteiger partial charge in [0.15, 0.2) is 9.84 Å². The van der Waals surface area contributed by atoms with E-state index in [2.05, 4.69) is 10.3 Å². The monoisotopic (exact) mass is 302 g/mol. The third kappa shape index (κ3) is 3.77. The molecular weight excluding hydrogens is 280 g/mol. The normalized spacial score (nSPS) is 24.2. The lowest BCUT2D eigenvalue weighted by Gasteiger charge is -2.30. The van der Waals surface area contributed by atoms with Crippen LogP contribution in [0.4, 0.5) is 0 Å². The molecule has 0 saturated carbocycles. The number of likely N-dealkylation sites (N-methyl/N-ethyl adjacent to an activating group) is 1. The van der Waals surface area contributed by atoms with Crippen LogP contribution < -0.4 is 5.32 Å². The van der Waals surface area contributed by atoms with Gasteiger partial charge in [-0.05, 0) is 26.3 Å². The Bertz CT molecular complexity index is 510. The third-order valence-corrected chi connectivity index (χ3v) is 6.81. The summed E-state index contributed by atoms with van der Waals surface area (Å²) in [5.74, 6) is 0.343. The van der Waals surface area contributed by atoms with E-state index in [1.54, 1.807) is 11.3 Å². The molecule has 0 aromatic carbocycles. The number of hydrogen-bond donors (Lipinski definition) is 1. The van der Waals surface area contributed by atoms with Crippen LogP contribution in [0.3, 0.4) is 0 Å². The summed E-state index contributed by atoms with van der Waals surface area (Å²) in [6, 6.07) is -0.00296. The largest absolute Gasteiger partial charge is 0.313 e. The second-order valence-corrected chi connectivity index (χ2v) is 8.53. The predicted octanol–water partition coefficient (Wildman–Crippen LogP) is 1.94. The Labute approximate surface area is 119 Å². The zero-order valence-corrected chi connectivity index (χ0v) is 13.2. The van der Waals surface area contributed by atoms with E-state index in [1.807, 2.05) is 19.2 Å². The van der Waals surface area contributed by atoms with Crippen molar-refractivity contribution >= 4 is 21.2 Å². The fourth-order valence-electron chi connectivity index (χ4n) is 2.76. The van der Waals surface area contributed by atoms with Crippen molar-refractivity contribution < 1.29 is 8.42 Å². The molecule has 4 nitrogen and oxygen atoms in total. The third-order valence-electron chi connectivity index (χ3n) is 3.64. The highest BCUT2D eigenvalue weighted by atomic mass is 32.2. The van der Waals surface area contributed by atoms with E-state index >= 15 is 0 Å². The summed E-state index contributed by atoms with van der Waals surface area (Å²) < 4.78 is 24.5. The van der Waals surface area contributed by atoms with Crippen LogP contribution >= 0.6 is 11.3 Å². The molecule has 0 radical (unpaired) electrons. The van der Waals surface area contributed by atoms with Gasteiger partial charge in [0, 0.05) is 17.8 Å². The molecule has 108 valence electrons. The molecule has 1 aliphatic rings. The van der Waals surface area contributed by atoms with Gasteiger partial charge in [0.1, 0.15) is 0 Å². The number of aromatic nitrogens is 1. The lowest BCUT2D eigenvalue weighted by atomic mass is 10.0. The van der Waals surface area contributed by atoms with Crippen LogP contribution in [-0.2, 0) is 16.3 Å². The van der Waals surface area contributed by atoms with Crippen LogP contribution in [-0.4, -0.2) is 37.0 Å². The van der Waals surface area contributed by atoms with Crippen LogP contribution in [0.25, 0.3) is 0 Å². The molecule has 6 heteroatoms. The Morgan fingerprint density at radius 3 is 2.89 bits per heavy atom. The van der Waals surface area contributed by atoms with E-state index in [4.69, 9.17) is 0 Å². The second kappa shape index (κ2) is 6.33. The van der Waals surface area contributed by atoms with Gasteiger partial charge in [0.2, 0.25) is 0 Å². The van der Waals surface area contributed by atoms with Crippen molar-refractivity contribution in [2.45, 2.75) is 50.8 Å². The van der Waals surface area contributed by atoms with Crippen LogP contribution in [0, 0.1) is 6.92 Å². The Morgan fingerprint density at radius 2 is 2.32 bits per heavy atom. The molecule has 2 heterocycles. The average Bonchev–Trinajstić information content (AvgIpc) is 2.74. The van der Waals surface area contributed by atoms with E-state index in [1.165, 1.54) is 0 Å². The summed E-state index contributed by atoms with van der Waals surface area (Å²) in [7, 11) is -2.95. The smallest absolute Gasteiger partial charge is 0.154 e. The molecule has 2 rings (SSSR count). The maximum absolute atomic E-state index is 12.2. The van der Waals surface area contributed by atoms with Crippen molar-refractivity contribution in [2.75, 3.05) is 12.3 Å². The number of sulfone groups is 1. The fourth-order valence-corrected chi connectivity index (χ4v) is 5.51. The summed E-state index contributed by atoms with van der Waals surface area (Å²) in [5, 5.41) is 6.18. The first-order valence-electron chi connectivity index (χ1n) is 6.89. The minimum absolute atomic E-state index is 0.00296. The Morgan fingerprint density at radius 1 is 1.53 bits per heavy atom. The minimum atomic E-state index is -2.95. The maximum atomic E-state index is 12.2.